The first-order valence-electron chi connectivity index (χ1n) is 6.83. The van der Waals surface area contributed by atoms with Gasteiger partial charge in [0.05, 0.1) is 29.2 Å². The van der Waals surface area contributed by atoms with Crippen molar-refractivity contribution in [3.63, 3.8) is 0 Å². The van der Waals surface area contributed by atoms with Gasteiger partial charge in [0.2, 0.25) is 0 Å². The standard InChI is InChI=1S/C14H19N3O4/c1-9-8-21-10(2)7-16(9)14(18)11-5-4-6-12(17(19)20)13(11)15-3/h4-6,9-10,15H,7-8H2,1-3H3. The maximum Gasteiger partial charge on any atom is 0.293 e. The summed E-state index contributed by atoms with van der Waals surface area (Å²) in [5.41, 5.74) is 0.462. The molecule has 2 atom stereocenters. The Balaban J connectivity index is 2.39. The second-order valence-electron chi connectivity index (χ2n) is 5.16. The van der Waals surface area contributed by atoms with Crippen molar-refractivity contribution >= 4 is 17.3 Å². The molecule has 1 heterocycles. The molecular formula is C14H19N3O4. The number of rotatable bonds is 3. The molecule has 114 valence electrons. The SMILES string of the molecule is CNc1c(C(=O)N2CC(C)OCC2C)cccc1[N+](=O)[O-]. The highest BCUT2D eigenvalue weighted by molar-refractivity contribution is 6.01. The van der Waals surface area contributed by atoms with E-state index >= 15 is 0 Å². The Kier molecular flexibility index (Phi) is 4.42. The lowest BCUT2D eigenvalue weighted by Gasteiger charge is -2.37. The summed E-state index contributed by atoms with van der Waals surface area (Å²) in [6, 6.07) is 4.46. The zero-order chi connectivity index (χ0) is 15.6. The normalized spacial score (nSPS) is 22.0. The molecule has 0 radical (unpaired) electrons. The predicted molar refractivity (Wildman–Crippen MR) is 78.6 cm³/mol. The molecule has 2 rings (SSSR count). The van der Waals surface area contributed by atoms with E-state index in [1.807, 2.05) is 13.8 Å². The first kappa shape index (κ1) is 15.2. The smallest absolute Gasteiger partial charge is 0.293 e. The lowest BCUT2D eigenvalue weighted by molar-refractivity contribution is -0.384. The number of nitro groups is 1. The van der Waals surface area contributed by atoms with Crippen LogP contribution in [0.15, 0.2) is 18.2 Å². The quantitative estimate of drug-likeness (QED) is 0.679. The van der Waals surface area contributed by atoms with Crippen LogP contribution in [-0.2, 0) is 4.74 Å². The van der Waals surface area contributed by atoms with Gasteiger partial charge in [-0.3, -0.25) is 14.9 Å². The van der Waals surface area contributed by atoms with Crippen LogP contribution in [-0.4, -0.2) is 48.1 Å². The van der Waals surface area contributed by atoms with E-state index in [1.165, 1.54) is 12.1 Å². The highest BCUT2D eigenvalue weighted by Crippen LogP contribution is 2.29. The van der Waals surface area contributed by atoms with Gasteiger partial charge in [0.15, 0.2) is 0 Å². The first-order chi connectivity index (χ1) is 9.95. The molecule has 1 N–H and O–H groups in total. The Hall–Kier alpha value is -2.15. The molecule has 0 aromatic heterocycles. The predicted octanol–water partition coefficient (Wildman–Crippen LogP) is 1.89. The van der Waals surface area contributed by atoms with Gasteiger partial charge in [-0.15, -0.1) is 0 Å². The minimum absolute atomic E-state index is 0.0399. The number of carbonyl (C=O) groups is 1. The Bertz CT molecular complexity index is 561. The number of hydrogen-bond acceptors (Lipinski definition) is 5. The van der Waals surface area contributed by atoms with E-state index in [2.05, 4.69) is 5.32 Å². The summed E-state index contributed by atoms with van der Waals surface area (Å²) in [7, 11) is 1.57. The minimum Gasteiger partial charge on any atom is -0.382 e. The number of anilines is 1. The van der Waals surface area contributed by atoms with Crippen molar-refractivity contribution < 1.29 is 14.5 Å². The number of amides is 1. The van der Waals surface area contributed by atoms with Gasteiger partial charge < -0.3 is 15.0 Å². The number of benzene rings is 1. The molecular weight excluding hydrogens is 274 g/mol. The zero-order valence-corrected chi connectivity index (χ0v) is 12.3. The topological polar surface area (TPSA) is 84.7 Å². The number of carbonyl (C=O) groups excluding carboxylic acids is 1. The molecule has 1 aromatic carbocycles. The van der Waals surface area contributed by atoms with Crippen molar-refractivity contribution in [2.45, 2.75) is 26.0 Å². The monoisotopic (exact) mass is 293 g/mol. The van der Waals surface area contributed by atoms with Crippen molar-refractivity contribution in [1.29, 1.82) is 0 Å². The number of morpholine rings is 1. The summed E-state index contributed by atoms with van der Waals surface area (Å²) in [6.07, 6.45) is -0.0399. The van der Waals surface area contributed by atoms with Crippen molar-refractivity contribution in [1.82, 2.24) is 4.90 Å². The molecule has 7 nitrogen and oxygen atoms in total. The van der Waals surface area contributed by atoms with E-state index in [1.54, 1.807) is 18.0 Å². The van der Waals surface area contributed by atoms with E-state index in [4.69, 9.17) is 4.74 Å². The van der Waals surface area contributed by atoms with Gasteiger partial charge in [0, 0.05) is 19.7 Å². The average Bonchev–Trinajstić information content (AvgIpc) is 2.48. The maximum atomic E-state index is 12.7. The van der Waals surface area contributed by atoms with Crippen LogP contribution in [0.3, 0.4) is 0 Å². The molecule has 1 aliphatic heterocycles. The van der Waals surface area contributed by atoms with Gasteiger partial charge in [-0.1, -0.05) is 6.07 Å². The number of nitro benzene ring substituents is 1. The minimum atomic E-state index is -0.492. The van der Waals surface area contributed by atoms with Crippen molar-refractivity contribution in [3.8, 4) is 0 Å². The third kappa shape index (κ3) is 2.97. The Morgan fingerprint density at radius 3 is 2.81 bits per heavy atom. The van der Waals surface area contributed by atoms with Crippen LogP contribution in [0.4, 0.5) is 11.4 Å². The third-order valence-corrected chi connectivity index (χ3v) is 3.59. The van der Waals surface area contributed by atoms with E-state index in [0.717, 1.165) is 0 Å². The fourth-order valence-corrected chi connectivity index (χ4v) is 2.47. The van der Waals surface area contributed by atoms with Gasteiger partial charge in [-0.2, -0.15) is 0 Å². The molecule has 1 saturated heterocycles. The fraction of sp³-hybridized carbons (Fsp3) is 0.500. The van der Waals surface area contributed by atoms with Crippen molar-refractivity contribution in [2.75, 3.05) is 25.5 Å². The van der Waals surface area contributed by atoms with Gasteiger partial charge in [0.25, 0.3) is 11.6 Å². The van der Waals surface area contributed by atoms with Crippen molar-refractivity contribution in [3.05, 3.63) is 33.9 Å². The lowest BCUT2D eigenvalue weighted by atomic mass is 10.1. The zero-order valence-electron chi connectivity index (χ0n) is 12.3. The summed E-state index contributed by atoms with van der Waals surface area (Å²) in [6.45, 7) is 4.75. The molecule has 2 unspecified atom stereocenters. The molecule has 0 aliphatic carbocycles. The van der Waals surface area contributed by atoms with E-state index in [-0.39, 0.29) is 29.4 Å². The summed E-state index contributed by atoms with van der Waals surface area (Å²) in [5.74, 6) is -0.217. The Morgan fingerprint density at radius 2 is 2.19 bits per heavy atom. The number of hydrogen-bond donors (Lipinski definition) is 1. The highest BCUT2D eigenvalue weighted by atomic mass is 16.6. The van der Waals surface area contributed by atoms with E-state index < -0.39 is 4.92 Å². The molecule has 1 aromatic rings. The van der Waals surface area contributed by atoms with Gasteiger partial charge in [0.1, 0.15) is 5.69 Å². The van der Waals surface area contributed by atoms with Gasteiger partial charge in [-0.05, 0) is 19.9 Å². The van der Waals surface area contributed by atoms with Crippen LogP contribution in [0.5, 0.6) is 0 Å². The fourth-order valence-electron chi connectivity index (χ4n) is 2.47. The number of nitrogens with one attached hydrogen (secondary N) is 1. The second kappa shape index (κ2) is 6.09. The second-order valence-corrected chi connectivity index (χ2v) is 5.16. The number of nitrogens with zero attached hydrogens (tertiary/aromatic N) is 2. The third-order valence-electron chi connectivity index (χ3n) is 3.59. The number of ether oxygens (including phenoxy) is 1. The van der Waals surface area contributed by atoms with Gasteiger partial charge in [-0.25, -0.2) is 0 Å². The molecule has 1 amide bonds. The first-order valence-corrected chi connectivity index (χ1v) is 6.83. The van der Waals surface area contributed by atoms with Crippen LogP contribution in [0.25, 0.3) is 0 Å². The summed E-state index contributed by atoms with van der Waals surface area (Å²) in [4.78, 5) is 25.0. The highest BCUT2D eigenvalue weighted by Gasteiger charge is 2.31. The molecule has 0 bridgehead atoms. The Morgan fingerprint density at radius 1 is 1.48 bits per heavy atom. The summed E-state index contributed by atoms with van der Waals surface area (Å²) in [5, 5.41) is 13.8. The molecule has 21 heavy (non-hydrogen) atoms. The lowest BCUT2D eigenvalue weighted by Crippen LogP contribution is -2.50. The molecule has 0 spiro atoms. The van der Waals surface area contributed by atoms with Gasteiger partial charge >= 0.3 is 0 Å². The summed E-state index contributed by atoms with van der Waals surface area (Å²) >= 11 is 0. The van der Waals surface area contributed by atoms with Crippen LogP contribution in [0, 0.1) is 10.1 Å². The van der Waals surface area contributed by atoms with Crippen LogP contribution in [0.1, 0.15) is 24.2 Å². The molecule has 7 heteroatoms. The van der Waals surface area contributed by atoms with E-state index in [9.17, 15) is 14.9 Å². The van der Waals surface area contributed by atoms with Crippen LogP contribution in [0.2, 0.25) is 0 Å². The van der Waals surface area contributed by atoms with E-state index in [0.29, 0.717) is 18.7 Å². The number of para-hydroxylation sites is 1. The average molecular weight is 293 g/mol. The molecule has 1 aliphatic rings. The molecule has 1 fully saturated rings. The summed E-state index contributed by atoms with van der Waals surface area (Å²) < 4.78 is 5.51. The van der Waals surface area contributed by atoms with Crippen LogP contribution < -0.4 is 5.32 Å². The largest absolute Gasteiger partial charge is 0.382 e. The molecule has 0 saturated carbocycles. The van der Waals surface area contributed by atoms with Crippen LogP contribution >= 0.6 is 0 Å². The Labute approximate surface area is 123 Å². The maximum absolute atomic E-state index is 12.7. The van der Waals surface area contributed by atoms with Crippen molar-refractivity contribution in [2.24, 2.45) is 0 Å².